The predicted molar refractivity (Wildman–Crippen MR) is 196 cm³/mol. The lowest BCUT2D eigenvalue weighted by molar-refractivity contribution is -0.0903. The Balaban J connectivity index is 0.000000184. The zero-order valence-electron chi connectivity index (χ0n) is 29.3. The molecular weight excluding hydrogens is 721 g/mol. The molecule has 4 heterocycles. The summed E-state index contributed by atoms with van der Waals surface area (Å²) in [5.41, 5.74) is 0.399. The largest absolute Gasteiger partial charge is 0.357 e. The van der Waals surface area contributed by atoms with Crippen LogP contribution in [0, 0.1) is 38.2 Å². The monoisotopic (exact) mass is 758 g/mol. The number of aromatic nitrogens is 2. The summed E-state index contributed by atoms with van der Waals surface area (Å²) in [6, 6.07) is 27.7. The molecule has 0 bridgehead atoms. The van der Waals surface area contributed by atoms with Crippen LogP contribution in [0.1, 0.15) is 46.6 Å². The van der Waals surface area contributed by atoms with Gasteiger partial charge in [0.15, 0.2) is 11.2 Å². The Morgan fingerprint density at radius 2 is 0.855 bits per heavy atom. The second-order valence-electron chi connectivity index (χ2n) is 13.6. The molecular formula is C44H37F7N2O2. The molecule has 0 spiro atoms. The maximum absolute atomic E-state index is 15.2. The SMILES string of the molecule is C.Cc1ccc(-c2ccc(C(F)(F)[C@@]3(c4ccc(F)cc4F)CO3)nc2)cc1.Cc1ccc(-c2ccc(C(F)(F)[C@]3(c4ccc(C)cc4F)CO3)nc2)cc1. The van der Waals surface area contributed by atoms with E-state index in [0.29, 0.717) is 17.2 Å². The van der Waals surface area contributed by atoms with Crippen LogP contribution in [0.5, 0.6) is 0 Å². The molecule has 2 aliphatic rings. The van der Waals surface area contributed by atoms with Crippen molar-refractivity contribution in [2.75, 3.05) is 13.2 Å². The second-order valence-corrected chi connectivity index (χ2v) is 13.6. The number of aryl methyl sites for hydroxylation is 3. The van der Waals surface area contributed by atoms with Crippen molar-refractivity contribution in [2.45, 2.75) is 51.2 Å². The van der Waals surface area contributed by atoms with E-state index < -0.39 is 51.9 Å². The number of epoxide rings is 2. The van der Waals surface area contributed by atoms with E-state index in [-0.39, 0.29) is 31.8 Å². The molecule has 0 radical (unpaired) electrons. The summed E-state index contributed by atoms with van der Waals surface area (Å²) in [5.74, 6) is -9.62. The number of nitrogens with zero attached hydrogens (tertiary/aromatic N) is 2. The highest BCUT2D eigenvalue weighted by Crippen LogP contribution is 2.57. The van der Waals surface area contributed by atoms with Crippen LogP contribution in [0.2, 0.25) is 0 Å². The molecule has 284 valence electrons. The van der Waals surface area contributed by atoms with Gasteiger partial charge in [0.05, 0.1) is 13.2 Å². The molecule has 4 nitrogen and oxygen atoms in total. The van der Waals surface area contributed by atoms with Gasteiger partial charge in [-0.05, 0) is 67.8 Å². The first-order valence-corrected chi connectivity index (χ1v) is 17.0. The molecule has 8 rings (SSSR count). The van der Waals surface area contributed by atoms with Crippen LogP contribution >= 0.6 is 0 Å². The lowest BCUT2D eigenvalue weighted by Crippen LogP contribution is -2.34. The van der Waals surface area contributed by atoms with E-state index in [9.17, 15) is 13.2 Å². The molecule has 0 N–H and O–H groups in total. The zero-order valence-corrected chi connectivity index (χ0v) is 29.3. The maximum Gasteiger partial charge on any atom is 0.324 e. The maximum atomic E-state index is 15.2. The van der Waals surface area contributed by atoms with E-state index in [4.69, 9.17) is 9.47 Å². The Kier molecular flexibility index (Phi) is 10.5. The Hall–Kier alpha value is -5.39. The van der Waals surface area contributed by atoms with Crippen molar-refractivity contribution in [3.05, 3.63) is 178 Å². The quantitative estimate of drug-likeness (QED) is 0.115. The number of rotatable bonds is 8. The predicted octanol–water partition coefficient (Wildman–Crippen LogP) is 11.5. The van der Waals surface area contributed by atoms with E-state index >= 15 is 17.6 Å². The van der Waals surface area contributed by atoms with Crippen molar-refractivity contribution in [2.24, 2.45) is 0 Å². The molecule has 2 atom stereocenters. The highest BCUT2D eigenvalue weighted by Gasteiger charge is 2.69. The van der Waals surface area contributed by atoms with Crippen molar-refractivity contribution in [1.29, 1.82) is 0 Å². The fourth-order valence-corrected chi connectivity index (χ4v) is 6.33. The van der Waals surface area contributed by atoms with Gasteiger partial charge in [0.2, 0.25) is 0 Å². The molecule has 55 heavy (non-hydrogen) atoms. The van der Waals surface area contributed by atoms with Gasteiger partial charge in [-0.3, -0.25) is 9.97 Å². The van der Waals surface area contributed by atoms with Crippen LogP contribution in [-0.2, 0) is 32.5 Å². The van der Waals surface area contributed by atoms with Gasteiger partial charge < -0.3 is 9.47 Å². The lowest BCUT2D eigenvalue weighted by Gasteiger charge is -2.24. The first-order valence-electron chi connectivity index (χ1n) is 17.0. The van der Waals surface area contributed by atoms with Crippen molar-refractivity contribution in [1.82, 2.24) is 9.97 Å². The third kappa shape index (κ3) is 7.26. The smallest absolute Gasteiger partial charge is 0.324 e. The van der Waals surface area contributed by atoms with Crippen LogP contribution in [0.3, 0.4) is 0 Å². The fraction of sp³-hybridized carbons (Fsp3) is 0.227. The van der Waals surface area contributed by atoms with Gasteiger partial charge >= 0.3 is 11.8 Å². The lowest BCUT2D eigenvalue weighted by atomic mass is 9.89. The third-order valence-electron chi connectivity index (χ3n) is 9.75. The molecule has 0 amide bonds. The van der Waals surface area contributed by atoms with Gasteiger partial charge in [-0.25, -0.2) is 13.2 Å². The highest BCUT2D eigenvalue weighted by atomic mass is 19.3. The number of alkyl halides is 4. The molecule has 0 saturated carbocycles. The standard InChI is InChI=1S/C22H18F3NO.C21H15F4NO.CH4/c1-14-3-6-16(7-4-14)17-8-10-20(26-12-17)22(24,25)21(13-27-21)18-9-5-15(2)11-19(18)23;1-13-2-4-14(5-3-13)15-6-9-19(26-11-15)21(24,25)20(12-27-20)17-8-7-16(22)10-18(17)23;/h3-12H,13H2,1-2H3;2-11H,12H2,1H3;1H4/t21-;20-;/m10./s1. The number of ether oxygens (including phenoxy) is 2. The number of pyridine rings is 2. The summed E-state index contributed by atoms with van der Waals surface area (Å²) in [7, 11) is 0. The number of benzene rings is 4. The average molecular weight is 759 g/mol. The van der Waals surface area contributed by atoms with Gasteiger partial charge in [0.1, 0.15) is 28.8 Å². The number of halogens is 7. The molecule has 2 aliphatic heterocycles. The van der Waals surface area contributed by atoms with Crippen molar-refractivity contribution in [3.8, 4) is 22.3 Å². The zero-order chi connectivity index (χ0) is 38.5. The van der Waals surface area contributed by atoms with Crippen LogP contribution in [-0.4, -0.2) is 23.2 Å². The summed E-state index contributed by atoms with van der Waals surface area (Å²) < 4.78 is 112. The minimum atomic E-state index is -3.57. The molecule has 2 fully saturated rings. The molecule has 2 aromatic heterocycles. The summed E-state index contributed by atoms with van der Waals surface area (Å²) in [5, 5.41) is 0. The second kappa shape index (κ2) is 14.7. The fourth-order valence-electron chi connectivity index (χ4n) is 6.33. The summed E-state index contributed by atoms with van der Waals surface area (Å²) in [4.78, 5) is 7.88. The van der Waals surface area contributed by atoms with Crippen LogP contribution in [0.4, 0.5) is 30.7 Å². The minimum absolute atomic E-state index is 0. The summed E-state index contributed by atoms with van der Waals surface area (Å²) in [6.45, 7) is 5.02. The summed E-state index contributed by atoms with van der Waals surface area (Å²) >= 11 is 0. The first kappa shape index (κ1) is 39.3. The van der Waals surface area contributed by atoms with E-state index in [1.165, 1.54) is 42.7 Å². The van der Waals surface area contributed by atoms with Gasteiger partial charge in [-0.15, -0.1) is 0 Å². The van der Waals surface area contributed by atoms with Gasteiger partial charge in [0.25, 0.3) is 0 Å². The van der Waals surface area contributed by atoms with Gasteiger partial charge in [-0.1, -0.05) is 91.3 Å². The van der Waals surface area contributed by atoms with E-state index in [2.05, 4.69) is 9.97 Å². The van der Waals surface area contributed by atoms with Crippen molar-refractivity contribution < 1.29 is 40.2 Å². The highest BCUT2D eigenvalue weighted by molar-refractivity contribution is 5.64. The number of hydrogen-bond donors (Lipinski definition) is 0. The van der Waals surface area contributed by atoms with Gasteiger partial charge in [0, 0.05) is 40.7 Å². The number of hydrogen-bond acceptors (Lipinski definition) is 4. The van der Waals surface area contributed by atoms with Gasteiger partial charge in [-0.2, -0.15) is 17.6 Å². The molecule has 11 heteroatoms. The van der Waals surface area contributed by atoms with Crippen molar-refractivity contribution >= 4 is 0 Å². The first-order chi connectivity index (χ1) is 25.7. The normalized spacial score (nSPS) is 18.8. The minimum Gasteiger partial charge on any atom is -0.357 e. The Morgan fingerprint density at radius 3 is 1.20 bits per heavy atom. The van der Waals surface area contributed by atoms with E-state index in [1.54, 1.807) is 19.1 Å². The Morgan fingerprint density at radius 1 is 0.491 bits per heavy atom. The van der Waals surface area contributed by atoms with E-state index in [1.807, 2.05) is 62.4 Å². The molecule has 0 aliphatic carbocycles. The third-order valence-corrected chi connectivity index (χ3v) is 9.75. The molecule has 4 aromatic carbocycles. The van der Waals surface area contributed by atoms with Crippen LogP contribution in [0.25, 0.3) is 22.3 Å². The molecule has 2 saturated heterocycles. The average Bonchev–Trinajstić information content (AvgIpc) is 4.09. The van der Waals surface area contributed by atoms with E-state index in [0.717, 1.165) is 39.9 Å². The van der Waals surface area contributed by atoms with Crippen LogP contribution in [0.15, 0.2) is 122 Å². The summed E-state index contributed by atoms with van der Waals surface area (Å²) in [6.07, 6.45) is 2.76. The Labute approximate surface area is 314 Å². The van der Waals surface area contributed by atoms with Crippen molar-refractivity contribution in [3.63, 3.8) is 0 Å². The Bertz CT molecular complexity index is 2120. The van der Waals surface area contributed by atoms with Crippen LogP contribution < -0.4 is 0 Å². The topological polar surface area (TPSA) is 50.8 Å². The molecule has 0 unspecified atom stereocenters. The molecule has 6 aromatic rings.